The summed E-state index contributed by atoms with van der Waals surface area (Å²) in [7, 11) is 0. The molecule has 2 aromatic heterocycles. The van der Waals surface area contributed by atoms with Crippen molar-refractivity contribution in [2.75, 3.05) is 5.32 Å². The van der Waals surface area contributed by atoms with E-state index in [4.69, 9.17) is 0 Å². The van der Waals surface area contributed by atoms with Gasteiger partial charge >= 0.3 is 5.69 Å². The molecule has 0 spiro atoms. The number of carbonyl (C=O) groups excluding carboxylic acids is 1. The van der Waals surface area contributed by atoms with E-state index in [1.54, 1.807) is 12.1 Å². The van der Waals surface area contributed by atoms with Gasteiger partial charge in [-0.2, -0.15) is 5.10 Å². The van der Waals surface area contributed by atoms with Gasteiger partial charge in [0.25, 0.3) is 5.91 Å². The Morgan fingerprint density at radius 1 is 1.40 bits per heavy atom. The van der Waals surface area contributed by atoms with E-state index >= 15 is 0 Å². The largest absolute Gasteiger partial charge is 0.342 e. The maximum atomic E-state index is 12.3. The summed E-state index contributed by atoms with van der Waals surface area (Å²) < 4.78 is 0. The van der Waals surface area contributed by atoms with Crippen LogP contribution in [0.15, 0.2) is 18.2 Å². The summed E-state index contributed by atoms with van der Waals surface area (Å²) >= 11 is 0. The first-order valence-corrected chi connectivity index (χ1v) is 8.03. The van der Waals surface area contributed by atoms with Gasteiger partial charge in [-0.15, -0.1) is 0 Å². The number of imidazole rings is 1. The molecule has 9 heteroatoms. The Bertz CT molecular complexity index is 985. The van der Waals surface area contributed by atoms with Crippen LogP contribution >= 0.6 is 0 Å². The van der Waals surface area contributed by atoms with Gasteiger partial charge in [0, 0.05) is 11.6 Å². The Hall–Kier alpha value is -3.23. The van der Waals surface area contributed by atoms with Crippen molar-refractivity contribution in [3.63, 3.8) is 0 Å². The van der Waals surface area contributed by atoms with E-state index in [1.165, 1.54) is 13.3 Å². The van der Waals surface area contributed by atoms with Crippen molar-refractivity contribution in [1.29, 1.82) is 0 Å². The number of amides is 1. The van der Waals surface area contributed by atoms with E-state index in [-0.39, 0.29) is 17.1 Å². The number of nitrogens with one attached hydrogen (secondary N) is 3. The number of fused-ring (bicyclic) bond motifs is 1. The van der Waals surface area contributed by atoms with Gasteiger partial charge in [-0.1, -0.05) is 6.42 Å². The Balaban J connectivity index is 1.60. The lowest BCUT2D eigenvalue weighted by molar-refractivity contribution is -0.385. The molecule has 9 nitrogen and oxygen atoms in total. The maximum absolute atomic E-state index is 12.3. The standard InChI is InChI=1S/C16H16N6O3/c1-8-14(22(24)25)13(21-20-8)16(23)17-10-5-6-11-12(7-10)19-15(18-11)9-3-2-4-9/h5-7,9H,2-4H2,1H3,(H,17,23)(H,18,19)(H,20,21). The highest BCUT2D eigenvalue weighted by Crippen LogP contribution is 2.35. The molecule has 1 amide bonds. The Labute approximate surface area is 142 Å². The summed E-state index contributed by atoms with van der Waals surface area (Å²) in [5.41, 5.74) is 1.88. The van der Waals surface area contributed by atoms with E-state index in [2.05, 4.69) is 25.5 Å². The highest BCUT2D eigenvalue weighted by atomic mass is 16.6. The second kappa shape index (κ2) is 5.69. The smallest absolute Gasteiger partial charge is 0.322 e. The summed E-state index contributed by atoms with van der Waals surface area (Å²) in [5.74, 6) is 0.831. The zero-order valence-corrected chi connectivity index (χ0v) is 13.5. The molecule has 0 aliphatic heterocycles. The number of hydrogen-bond acceptors (Lipinski definition) is 5. The van der Waals surface area contributed by atoms with Crippen molar-refractivity contribution in [3.8, 4) is 0 Å². The molecule has 128 valence electrons. The van der Waals surface area contributed by atoms with Gasteiger partial charge in [0.2, 0.25) is 5.69 Å². The minimum atomic E-state index is -0.630. The summed E-state index contributed by atoms with van der Waals surface area (Å²) in [4.78, 5) is 30.7. The van der Waals surface area contributed by atoms with E-state index in [9.17, 15) is 14.9 Å². The molecule has 0 atom stereocenters. The number of carbonyl (C=O) groups is 1. The number of anilines is 1. The molecule has 2 heterocycles. The average molecular weight is 340 g/mol. The number of nitro groups is 1. The van der Waals surface area contributed by atoms with Crippen molar-refractivity contribution in [1.82, 2.24) is 20.2 Å². The van der Waals surface area contributed by atoms with E-state index < -0.39 is 10.8 Å². The molecule has 0 radical (unpaired) electrons. The zero-order valence-electron chi connectivity index (χ0n) is 13.5. The van der Waals surface area contributed by atoms with Crippen LogP contribution in [-0.2, 0) is 0 Å². The number of H-pyrrole nitrogens is 2. The lowest BCUT2D eigenvalue weighted by Gasteiger charge is -2.22. The molecule has 1 saturated carbocycles. The quantitative estimate of drug-likeness (QED) is 0.496. The van der Waals surface area contributed by atoms with Gasteiger partial charge in [-0.25, -0.2) is 4.98 Å². The molecule has 1 fully saturated rings. The first-order valence-electron chi connectivity index (χ1n) is 8.03. The monoisotopic (exact) mass is 340 g/mol. The molecule has 0 unspecified atom stereocenters. The average Bonchev–Trinajstić information content (AvgIpc) is 3.08. The number of rotatable bonds is 4. The minimum Gasteiger partial charge on any atom is -0.342 e. The molecule has 0 saturated heterocycles. The van der Waals surface area contributed by atoms with Crippen LogP contribution in [0.4, 0.5) is 11.4 Å². The molecular formula is C16H16N6O3. The molecular weight excluding hydrogens is 324 g/mol. The van der Waals surface area contributed by atoms with Gasteiger partial charge in [-0.05, 0) is 38.0 Å². The van der Waals surface area contributed by atoms with E-state index in [0.29, 0.717) is 11.6 Å². The van der Waals surface area contributed by atoms with Crippen LogP contribution in [0.3, 0.4) is 0 Å². The second-order valence-electron chi connectivity index (χ2n) is 6.24. The molecule has 4 rings (SSSR count). The van der Waals surface area contributed by atoms with Gasteiger partial charge in [0.15, 0.2) is 0 Å². The van der Waals surface area contributed by atoms with Gasteiger partial charge in [0.1, 0.15) is 11.5 Å². The fourth-order valence-corrected chi connectivity index (χ4v) is 2.98. The van der Waals surface area contributed by atoms with Crippen LogP contribution in [-0.4, -0.2) is 31.0 Å². The van der Waals surface area contributed by atoms with Crippen LogP contribution in [0, 0.1) is 17.0 Å². The third kappa shape index (κ3) is 2.63. The maximum Gasteiger partial charge on any atom is 0.322 e. The predicted molar refractivity (Wildman–Crippen MR) is 90.6 cm³/mol. The number of nitrogens with zero attached hydrogens (tertiary/aromatic N) is 3. The van der Waals surface area contributed by atoms with Crippen molar-refractivity contribution in [2.45, 2.75) is 32.1 Å². The second-order valence-corrected chi connectivity index (χ2v) is 6.24. The Morgan fingerprint density at radius 2 is 2.20 bits per heavy atom. The molecule has 3 N–H and O–H groups in total. The summed E-state index contributed by atoms with van der Waals surface area (Å²) in [5, 5.41) is 20.0. The van der Waals surface area contributed by atoms with Crippen LogP contribution in [0.5, 0.6) is 0 Å². The van der Waals surface area contributed by atoms with E-state index in [0.717, 1.165) is 29.7 Å². The summed E-state index contributed by atoms with van der Waals surface area (Å²) in [6.45, 7) is 1.50. The van der Waals surface area contributed by atoms with Crippen molar-refractivity contribution < 1.29 is 9.72 Å². The molecule has 1 aliphatic rings. The lowest BCUT2D eigenvalue weighted by atomic mass is 9.85. The number of aryl methyl sites for hydroxylation is 1. The minimum absolute atomic E-state index is 0.234. The number of aromatic nitrogens is 4. The van der Waals surface area contributed by atoms with E-state index in [1.807, 2.05) is 6.07 Å². The number of benzene rings is 1. The van der Waals surface area contributed by atoms with Crippen LogP contribution < -0.4 is 5.32 Å². The SMILES string of the molecule is Cc1[nH]nc(C(=O)Nc2ccc3nc(C4CCC4)[nH]c3c2)c1[N+](=O)[O-]. The molecule has 0 bridgehead atoms. The molecule has 3 aromatic rings. The predicted octanol–water partition coefficient (Wildman–Crippen LogP) is 3.02. The Kier molecular flexibility index (Phi) is 3.48. The summed E-state index contributed by atoms with van der Waals surface area (Å²) in [6.07, 6.45) is 3.52. The first-order chi connectivity index (χ1) is 12.0. The third-order valence-corrected chi connectivity index (χ3v) is 4.56. The van der Waals surface area contributed by atoms with Crippen molar-refractivity contribution in [3.05, 3.63) is 45.5 Å². The highest BCUT2D eigenvalue weighted by Gasteiger charge is 2.27. The number of hydrogen-bond donors (Lipinski definition) is 3. The molecule has 25 heavy (non-hydrogen) atoms. The topological polar surface area (TPSA) is 130 Å². The Morgan fingerprint density at radius 3 is 2.88 bits per heavy atom. The van der Waals surface area contributed by atoms with Crippen LogP contribution in [0.25, 0.3) is 11.0 Å². The summed E-state index contributed by atoms with van der Waals surface area (Å²) in [6, 6.07) is 5.30. The molecule has 1 aromatic carbocycles. The zero-order chi connectivity index (χ0) is 17.6. The van der Waals surface area contributed by atoms with Crippen molar-refractivity contribution in [2.24, 2.45) is 0 Å². The molecule has 1 aliphatic carbocycles. The van der Waals surface area contributed by atoms with Gasteiger partial charge in [0.05, 0.1) is 16.0 Å². The van der Waals surface area contributed by atoms with Gasteiger partial charge < -0.3 is 10.3 Å². The highest BCUT2D eigenvalue weighted by molar-refractivity contribution is 6.06. The fourth-order valence-electron chi connectivity index (χ4n) is 2.98. The van der Waals surface area contributed by atoms with Crippen molar-refractivity contribution >= 4 is 28.3 Å². The first kappa shape index (κ1) is 15.3. The van der Waals surface area contributed by atoms with Gasteiger partial charge in [-0.3, -0.25) is 20.0 Å². The van der Waals surface area contributed by atoms with Crippen LogP contribution in [0.1, 0.15) is 47.2 Å². The normalized spacial score (nSPS) is 14.4. The fraction of sp³-hybridized carbons (Fsp3) is 0.312. The third-order valence-electron chi connectivity index (χ3n) is 4.56. The lowest BCUT2D eigenvalue weighted by Crippen LogP contribution is -2.14. The number of aromatic amines is 2. The van der Waals surface area contributed by atoms with Crippen LogP contribution in [0.2, 0.25) is 0 Å².